The topological polar surface area (TPSA) is 119 Å². The van der Waals surface area contributed by atoms with Gasteiger partial charge in [-0.1, -0.05) is 6.07 Å². The smallest absolute Gasteiger partial charge is 0.338 e. The molecule has 0 saturated carbocycles. The molecular weight excluding hydrogens is 348 g/mol. The molecule has 0 aliphatic carbocycles. The first kappa shape index (κ1) is 20.6. The number of rotatable bonds is 7. The number of likely N-dealkylation sites (N-methyl/N-ethyl adjacent to an activating group) is 1. The van der Waals surface area contributed by atoms with E-state index in [1.54, 1.807) is 13.8 Å². The summed E-state index contributed by atoms with van der Waals surface area (Å²) in [6.45, 7) is 4.74. The van der Waals surface area contributed by atoms with Crippen LogP contribution in [0, 0.1) is 6.92 Å². The zero-order valence-corrected chi connectivity index (χ0v) is 15.4. The van der Waals surface area contributed by atoms with Gasteiger partial charge in [0.1, 0.15) is 6.04 Å². The Morgan fingerprint density at radius 1 is 1.24 bits per heavy atom. The number of carbonyl (C=O) groups is 3. The summed E-state index contributed by atoms with van der Waals surface area (Å²) < 4.78 is 28.0. The second-order valence-electron chi connectivity index (χ2n) is 5.51. The quantitative estimate of drug-likeness (QED) is 0.662. The van der Waals surface area contributed by atoms with Crippen LogP contribution >= 0.6 is 0 Å². The van der Waals surface area contributed by atoms with Gasteiger partial charge in [-0.25, -0.2) is 13.2 Å². The number of nitrogens with one attached hydrogen (secondary N) is 2. The first-order chi connectivity index (χ1) is 11.6. The molecule has 25 heavy (non-hydrogen) atoms. The van der Waals surface area contributed by atoms with Crippen molar-refractivity contribution in [1.82, 2.24) is 10.6 Å². The third-order valence-corrected chi connectivity index (χ3v) is 4.42. The normalized spacial score (nSPS) is 12.2. The fourth-order valence-corrected chi connectivity index (χ4v) is 2.58. The Morgan fingerprint density at radius 2 is 1.88 bits per heavy atom. The van der Waals surface area contributed by atoms with Gasteiger partial charge in [-0.15, -0.1) is 0 Å². The lowest BCUT2D eigenvalue weighted by Crippen LogP contribution is -2.46. The maximum atomic E-state index is 12.1. The molecule has 0 unspecified atom stereocenters. The van der Waals surface area contributed by atoms with Crippen LogP contribution in [0.1, 0.15) is 29.8 Å². The molecule has 0 saturated heterocycles. The molecule has 0 spiro atoms. The van der Waals surface area contributed by atoms with E-state index in [4.69, 9.17) is 4.74 Å². The lowest BCUT2D eigenvalue weighted by atomic mass is 10.1. The molecule has 1 rings (SSSR count). The number of benzene rings is 1. The van der Waals surface area contributed by atoms with E-state index in [-0.39, 0.29) is 16.4 Å². The fourth-order valence-electron chi connectivity index (χ4n) is 1.94. The Balaban J connectivity index is 2.71. The summed E-state index contributed by atoms with van der Waals surface area (Å²) in [7, 11) is -3.47. The summed E-state index contributed by atoms with van der Waals surface area (Å²) in [5.41, 5.74) is 0.584. The van der Waals surface area contributed by atoms with Crippen molar-refractivity contribution in [2.45, 2.75) is 31.7 Å². The van der Waals surface area contributed by atoms with E-state index >= 15 is 0 Å². The van der Waals surface area contributed by atoms with Gasteiger partial charge in [0.25, 0.3) is 5.91 Å². The van der Waals surface area contributed by atoms with E-state index in [0.717, 1.165) is 6.26 Å². The zero-order valence-electron chi connectivity index (χ0n) is 14.6. The number of amides is 2. The van der Waals surface area contributed by atoms with Crippen LogP contribution in [0.2, 0.25) is 0 Å². The molecule has 138 valence electrons. The van der Waals surface area contributed by atoms with Gasteiger partial charge in [-0.05, 0) is 38.5 Å². The average molecular weight is 370 g/mol. The van der Waals surface area contributed by atoms with Gasteiger partial charge in [-0.2, -0.15) is 0 Å². The Kier molecular flexibility index (Phi) is 7.10. The van der Waals surface area contributed by atoms with Crippen molar-refractivity contribution in [3.05, 3.63) is 29.3 Å². The Labute approximate surface area is 146 Å². The summed E-state index contributed by atoms with van der Waals surface area (Å²) in [6.07, 6.45) is 1.03. The molecule has 9 heteroatoms. The third-order valence-electron chi connectivity index (χ3n) is 3.31. The molecule has 0 aromatic heterocycles. The van der Waals surface area contributed by atoms with Crippen molar-refractivity contribution in [3.63, 3.8) is 0 Å². The van der Waals surface area contributed by atoms with Crippen LogP contribution in [0.4, 0.5) is 0 Å². The molecule has 8 nitrogen and oxygen atoms in total. The highest BCUT2D eigenvalue weighted by Crippen LogP contribution is 2.16. The number of carbonyl (C=O) groups excluding carboxylic acids is 3. The second-order valence-corrected chi connectivity index (χ2v) is 7.52. The summed E-state index contributed by atoms with van der Waals surface area (Å²) in [5.74, 6) is -1.80. The number of hydrogen-bond acceptors (Lipinski definition) is 6. The second kappa shape index (κ2) is 8.61. The summed E-state index contributed by atoms with van der Waals surface area (Å²) in [4.78, 5) is 35.3. The van der Waals surface area contributed by atoms with Crippen LogP contribution in [0.15, 0.2) is 23.1 Å². The van der Waals surface area contributed by atoms with Crippen molar-refractivity contribution < 1.29 is 27.5 Å². The molecule has 1 atom stereocenters. The molecule has 0 aliphatic heterocycles. The van der Waals surface area contributed by atoms with E-state index in [0.29, 0.717) is 12.1 Å². The first-order valence-corrected chi connectivity index (χ1v) is 9.50. The van der Waals surface area contributed by atoms with Crippen molar-refractivity contribution in [2.75, 3.05) is 19.4 Å². The molecule has 2 N–H and O–H groups in total. The molecule has 0 aliphatic rings. The van der Waals surface area contributed by atoms with Gasteiger partial charge in [0.15, 0.2) is 16.4 Å². The predicted molar refractivity (Wildman–Crippen MR) is 90.9 cm³/mol. The molecule has 0 fully saturated rings. The van der Waals surface area contributed by atoms with E-state index in [1.165, 1.54) is 25.1 Å². The van der Waals surface area contributed by atoms with E-state index < -0.39 is 34.4 Å². The van der Waals surface area contributed by atoms with E-state index in [9.17, 15) is 22.8 Å². The lowest BCUT2D eigenvalue weighted by molar-refractivity contribution is -0.130. The van der Waals surface area contributed by atoms with Crippen LogP contribution in [0.3, 0.4) is 0 Å². The summed E-state index contributed by atoms with van der Waals surface area (Å²) in [6, 6.07) is 3.33. The number of hydrogen-bond donors (Lipinski definition) is 2. The van der Waals surface area contributed by atoms with Gasteiger partial charge >= 0.3 is 5.97 Å². The van der Waals surface area contributed by atoms with Crippen molar-refractivity contribution >= 4 is 27.6 Å². The highest BCUT2D eigenvalue weighted by Gasteiger charge is 2.18. The SMILES string of the molecule is CCNC(=O)[C@@H](C)NC(=O)COC(=O)c1cc(S(C)(=O)=O)ccc1C. The van der Waals surface area contributed by atoms with Crippen LogP contribution in [-0.2, 0) is 24.2 Å². The monoisotopic (exact) mass is 370 g/mol. The molecule has 1 aromatic carbocycles. The van der Waals surface area contributed by atoms with Gasteiger partial charge in [-0.3, -0.25) is 9.59 Å². The van der Waals surface area contributed by atoms with Gasteiger partial charge in [0.05, 0.1) is 10.5 Å². The fraction of sp³-hybridized carbons (Fsp3) is 0.438. The Morgan fingerprint density at radius 3 is 2.44 bits per heavy atom. The number of ether oxygens (including phenoxy) is 1. The minimum Gasteiger partial charge on any atom is -0.452 e. The predicted octanol–water partition coefficient (Wildman–Crippen LogP) is 0.196. The summed E-state index contributed by atoms with van der Waals surface area (Å²) in [5, 5.41) is 4.95. The molecule has 1 aromatic rings. The average Bonchev–Trinajstić information content (AvgIpc) is 2.52. The van der Waals surface area contributed by atoms with Crippen molar-refractivity contribution in [2.24, 2.45) is 0 Å². The Bertz CT molecular complexity index is 773. The van der Waals surface area contributed by atoms with Crippen molar-refractivity contribution in [3.8, 4) is 0 Å². The lowest BCUT2D eigenvalue weighted by Gasteiger charge is -2.13. The maximum absolute atomic E-state index is 12.1. The minimum atomic E-state index is -3.47. The number of sulfone groups is 1. The zero-order chi connectivity index (χ0) is 19.2. The highest BCUT2D eigenvalue weighted by molar-refractivity contribution is 7.90. The van der Waals surface area contributed by atoms with Crippen LogP contribution in [0.5, 0.6) is 0 Å². The standard InChI is InChI=1S/C16H22N2O6S/c1-5-17-15(20)11(3)18-14(19)9-24-16(21)13-8-12(25(4,22)23)7-6-10(13)2/h6-8,11H,5,9H2,1-4H3,(H,17,20)(H,18,19)/t11-/m1/s1. The first-order valence-electron chi connectivity index (χ1n) is 7.61. The molecule has 2 amide bonds. The molecule has 0 radical (unpaired) electrons. The molecule has 0 bridgehead atoms. The molecule has 0 heterocycles. The number of esters is 1. The third kappa shape index (κ3) is 6.18. The van der Waals surface area contributed by atoms with E-state index in [1.807, 2.05) is 0 Å². The highest BCUT2D eigenvalue weighted by atomic mass is 32.2. The van der Waals surface area contributed by atoms with Crippen LogP contribution in [-0.4, -0.2) is 51.7 Å². The number of aryl methyl sites for hydroxylation is 1. The summed E-state index contributed by atoms with van der Waals surface area (Å²) >= 11 is 0. The minimum absolute atomic E-state index is 0.0145. The van der Waals surface area contributed by atoms with Crippen LogP contribution < -0.4 is 10.6 Å². The van der Waals surface area contributed by atoms with Gasteiger partial charge in [0, 0.05) is 12.8 Å². The van der Waals surface area contributed by atoms with Crippen molar-refractivity contribution in [1.29, 1.82) is 0 Å². The van der Waals surface area contributed by atoms with Gasteiger partial charge < -0.3 is 15.4 Å². The maximum Gasteiger partial charge on any atom is 0.338 e. The largest absolute Gasteiger partial charge is 0.452 e. The van der Waals surface area contributed by atoms with Crippen LogP contribution in [0.25, 0.3) is 0 Å². The molecular formula is C16H22N2O6S. The Hall–Kier alpha value is -2.42. The van der Waals surface area contributed by atoms with E-state index in [2.05, 4.69) is 10.6 Å². The van der Waals surface area contributed by atoms with Gasteiger partial charge in [0.2, 0.25) is 5.91 Å².